The lowest BCUT2D eigenvalue weighted by atomic mass is 9.99. The summed E-state index contributed by atoms with van der Waals surface area (Å²) >= 11 is 0. The number of nitrogens with one attached hydrogen (secondary N) is 2. The Morgan fingerprint density at radius 1 is 0.938 bits per heavy atom. The minimum atomic E-state index is -1.61. The molecule has 0 atom stereocenters. The van der Waals surface area contributed by atoms with Gasteiger partial charge in [0.1, 0.15) is 5.82 Å². The number of hydrogen-bond donors (Lipinski definition) is 2. The van der Waals surface area contributed by atoms with Crippen LogP contribution in [0.5, 0.6) is 0 Å². The van der Waals surface area contributed by atoms with Gasteiger partial charge in [-0.15, -0.1) is 0 Å². The highest BCUT2D eigenvalue weighted by molar-refractivity contribution is 6.37. The highest BCUT2D eigenvalue weighted by atomic mass is 19.2. The van der Waals surface area contributed by atoms with Crippen LogP contribution in [-0.4, -0.2) is 24.9 Å². The molecule has 2 N–H and O–H groups in total. The molecule has 4 nitrogen and oxygen atoms in total. The third-order valence-corrected chi connectivity index (χ3v) is 4.97. The maximum Gasteiger partial charge on any atom is 0.258 e. The summed E-state index contributed by atoms with van der Waals surface area (Å²) in [7, 11) is 3.87. The zero-order valence-corrected chi connectivity index (χ0v) is 17.3. The average molecular weight is 441 g/mol. The second-order valence-corrected chi connectivity index (χ2v) is 7.71. The molecule has 1 aliphatic heterocycles. The zero-order chi connectivity index (χ0) is 23.0. The summed E-state index contributed by atoms with van der Waals surface area (Å²) in [6.07, 6.45) is 0. The quantitative estimate of drug-likeness (QED) is 0.324. The van der Waals surface area contributed by atoms with Gasteiger partial charge in [0, 0.05) is 23.4 Å². The molecule has 0 aromatic heterocycles. The number of nitrogens with zero attached hydrogens (tertiary/aromatic N) is 1. The van der Waals surface area contributed by atoms with Crippen LogP contribution in [0, 0.1) is 23.3 Å². The van der Waals surface area contributed by atoms with Gasteiger partial charge in [0.2, 0.25) is 0 Å². The van der Waals surface area contributed by atoms with Gasteiger partial charge in [-0.1, -0.05) is 12.1 Å². The smallest absolute Gasteiger partial charge is 0.258 e. The van der Waals surface area contributed by atoms with Crippen molar-refractivity contribution in [3.63, 3.8) is 0 Å². The summed E-state index contributed by atoms with van der Waals surface area (Å²) in [5.74, 6) is -5.51. The van der Waals surface area contributed by atoms with E-state index >= 15 is 0 Å². The third kappa shape index (κ3) is 4.22. The summed E-state index contributed by atoms with van der Waals surface area (Å²) < 4.78 is 55.3. The molecule has 3 aromatic carbocycles. The molecule has 4 rings (SSSR count). The van der Waals surface area contributed by atoms with Crippen molar-refractivity contribution >= 4 is 28.6 Å². The molecule has 0 aliphatic carbocycles. The molecule has 0 radical (unpaired) electrons. The van der Waals surface area contributed by atoms with E-state index in [1.807, 2.05) is 31.1 Å². The summed E-state index contributed by atoms with van der Waals surface area (Å²) in [5, 5.41) is 5.59. The van der Waals surface area contributed by atoms with E-state index in [2.05, 4.69) is 10.6 Å². The van der Waals surface area contributed by atoms with Crippen LogP contribution in [-0.2, 0) is 11.3 Å². The molecule has 1 heterocycles. The number of anilines is 2. The molecule has 3 aromatic rings. The minimum absolute atomic E-state index is 0.0581. The Morgan fingerprint density at radius 3 is 2.22 bits per heavy atom. The van der Waals surface area contributed by atoms with Crippen LogP contribution in [0.15, 0.2) is 54.6 Å². The van der Waals surface area contributed by atoms with Crippen molar-refractivity contribution in [2.45, 2.75) is 6.54 Å². The predicted octanol–water partition coefficient (Wildman–Crippen LogP) is 5.24. The molecular weight excluding hydrogens is 422 g/mol. The van der Waals surface area contributed by atoms with Crippen molar-refractivity contribution in [1.29, 1.82) is 0 Å². The molecule has 1 aliphatic rings. The molecule has 32 heavy (non-hydrogen) atoms. The Hall–Kier alpha value is -3.65. The van der Waals surface area contributed by atoms with E-state index in [0.717, 1.165) is 23.8 Å². The van der Waals surface area contributed by atoms with Crippen LogP contribution in [0.3, 0.4) is 0 Å². The largest absolute Gasteiger partial charge is 0.354 e. The highest BCUT2D eigenvalue weighted by Crippen LogP contribution is 2.38. The number of carbonyl (C=O) groups excluding carboxylic acids is 1. The van der Waals surface area contributed by atoms with Crippen molar-refractivity contribution in [3.8, 4) is 0 Å². The first kappa shape index (κ1) is 21.6. The van der Waals surface area contributed by atoms with E-state index in [4.69, 9.17) is 0 Å². The molecule has 0 fully saturated rings. The van der Waals surface area contributed by atoms with Gasteiger partial charge in [0.05, 0.1) is 17.0 Å². The van der Waals surface area contributed by atoms with Gasteiger partial charge in [0.25, 0.3) is 5.91 Å². The fourth-order valence-electron chi connectivity index (χ4n) is 3.58. The standard InChI is InChI=1S/C24H19F4N3O/c1-31(2)12-13-3-6-16(7-4-13)29-23(14-9-18(26)22(28)19(27)10-14)21-17-8-5-15(25)11-20(17)30-24(21)32/h3-11,29H,12H2,1-2H3,(H,30,32). The first-order valence-electron chi connectivity index (χ1n) is 9.74. The summed E-state index contributed by atoms with van der Waals surface area (Å²) in [6, 6.07) is 12.6. The van der Waals surface area contributed by atoms with Crippen molar-refractivity contribution in [2.24, 2.45) is 0 Å². The molecule has 8 heteroatoms. The lowest BCUT2D eigenvalue weighted by molar-refractivity contribution is -0.110. The molecule has 0 unspecified atom stereocenters. The van der Waals surface area contributed by atoms with Gasteiger partial charge < -0.3 is 15.5 Å². The van der Waals surface area contributed by atoms with Crippen molar-refractivity contribution < 1.29 is 22.4 Å². The summed E-state index contributed by atoms with van der Waals surface area (Å²) in [4.78, 5) is 14.8. The average Bonchev–Trinajstić information content (AvgIpc) is 3.05. The maximum absolute atomic E-state index is 14.0. The Morgan fingerprint density at radius 2 is 1.59 bits per heavy atom. The van der Waals surface area contributed by atoms with E-state index in [1.165, 1.54) is 12.1 Å². The molecular formula is C24H19F4N3O. The molecule has 0 spiro atoms. The second kappa shape index (κ2) is 8.47. The molecule has 164 valence electrons. The second-order valence-electron chi connectivity index (χ2n) is 7.71. The van der Waals surface area contributed by atoms with Crippen LogP contribution >= 0.6 is 0 Å². The highest BCUT2D eigenvalue weighted by Gasteiger charge is 2.29. The Kier molecular flexibility index (Phi) is 5.71. The molecule has 0 bridgehead atoms. The number of benzene rings is 3. The van der Waals surface area contributed by atoms with Crippen LogP contribution in [0.4, 0.5) is 28.9 Å². The number of halogens is 4. The van der Waals surface area contributed by atoms with Gasteiger partial charge in [0.15, 0.2) is 17.5 Å². The van der Waals surface area contributed by atoms with Gasteiger partial charge in [-0.05, 0) is 62.1 Å². The first-order valence-corrected chi connectivity index (χ1v) is 9.74. The Balaban J connectivity index is 1.85. The van der Waals surface area contributed by atoms with Gasteiger partial charge >= 0.3 is 0 Å². The fraction of sp³-hybridized carbons (Fsp3) is 0.125. The predicted molar refractivity (Wildman–Crippen MR) is 116 cm³/mol. The fourth-order valence-corrected chi connectivity index (χ4v) is 3.58. The SMILES string of the molecule is CN(C)Cc1ccc(NC(=C2C(=O)Nc3cc(F)ccc32)c2cc(F)c(F)c(F)c2)cc1. The maximum atomic E-state index is 14.0. The molecule has 1 amide bonds. The number of rotatable bonds is 5. The van der Waals surface area contributed by atoms with Crippen LogP contribution < -0.4 is 10.6 Å². The summed E-state index contributed by atoms with van der Waals surface area (Å²) in [5.41, 5.74) is 2.22. The van der Waals surface area contributed by atoms with Crippen LogP contribution in [0.25, 0.3) is 11.3 Å². The minimum Gasteiger partial charge on any atom is -0.354 e. The van der Waals surface area contributed by atoms with E-state index in [1.54, 1.807) is 12.1 Å². The van der Waals surface area contributed by atoms with Gasteiger partial charge in [-0.2, -0.15) is 0 Å². The molecule has 0 saturated heterocycles. The van der Waals surface area contributed by atoms with E-state index in [-0.39, 0.29) is 22.5 Å². The third-order valence-electron chi connectivity index (χ3n) is 4.97. The first-order chi connectivity index (χ1) is 15.2. The van der Waals surface area contributed by atoms with Gasteiger partial charge in [-0.25, -0.2) is 17.6 Å². The number of hydrogen-bond acceptors (Lipinski definition) is 3. The van der Waals surface area contributed by atoms with Gasteiger partial charge in [-0.3, -0.25) is 4.79 Å². The molecule has 0 saturated carbocycles. The topological polar surface area (TPSA) is 44.4 Å². The van der Waals surface area contributed by atoms with Crippen molar-refractivity contribution in [1.82, 2.24) is 4.90 Å². The van der Waals surface area contributed by atoms with E-state index < -0.39 is 29.2 Å². The van der Waals surface area contributed by atoms with Crippen molar-refractivity contribution in [2.75, 3.05) is 24.7 Å². The monoisotopic (exact) mass is 441 g/mol. The lowest BCUT2D eigenvalue weighted by Crippen LogP contribution is -2.12. The van der Waals surface area contributed by atoms with E-state index in [0.29, 0.717) is 17.8 Å². The number of fused-ring (bicyclic) bond motifs is 1. The van der Waals surface area contributed by atoms with Crippen LogP contribution in [0.1, 0.15) is 16.7 Å². The normalized spacial score (nSPS) is 14.4. The van der Waals surface area contributed by atoms with E-state index in [9.17, 15) is 22.4 Å². The number of amides is 1. The Bertz CT molecular complexity index is 1210. The number of carbonyl (C=O) groups is 1. The van der Waals surface area contributed by atoms with Crippen molar-refractivity contribution in [3.05, 3.63) is 94.6 Å². The zero-order valence-electron chi connectivity index (χ0n) is 17.3. The van der Waals surface area contributed by atoms with Crippen LogP contribution in [0.2, 0.25) is 0 Å². The Labute approximate surface area is 182 Å². The summed E-state index contributed by atoms with van der Waals surface area (Å²) in [6.45, 7) is 0.712. The lowest BCUT2D eigenvalue weighted by Gasteiger charge is -2.16.